The van der Waals surface area contributed by atoms with Crippen LogP contribution in [0.1, 0.15) is 31.2 Å². The van der Waals surface area contributed by atoms with Crippen molar-refractivity contribution in [3.63, 3.8) is 0 Å². The molecule has 1 aliphatic heterocycles. The average molecular weight is 269 g/mol. The lowest BCUT2D eigenvalue weighted by molar-refractivity contribution is -0.110. The maximum atomic E-state index is 13.2. The van der Waals surface area contributed by atoms with Crippen LogP contribution in [0.4, 0.5) is 13.2 Å². The molecule has 0 atom stereocenters. The highest BCUT2D eigenvalue weighted by molar-refractivity contribution is 5.53. The van der Waals surface area contributed by atoms with Crippen molar-refractivity contribution in [1.82, 2.24) is 4.90 Å². The highest BCUT2D eigenvalue weighted by atomic mass is 19.4. The molecular weight excluding hydrogens is 251 g/mol. The zero-order valence-electron chi connectivity index (χ0n) is 10.8. The molecule has 0 amide bonds. The second kappa shape index (κ2) is 6.13. The third kappa shape index (κ3) is 4.01. The van der Waals surface area contributed by atoms with Crippen molar-refractivity contribution in [2.45, 2.75) is 31.9 Å². The first-order valence-corrected chi connectivity index (χ1v) is 6.66. The second-order valence-corrected chi connectivity index (χ2v) is 4.84. The molecule has 2 rings (SSSR count). The van der Waals surface area contributed by atoms with E-state index in [0.29, 0.717) is 18.7 Å². The zero-order chi connectivity index (χ0) is 13.7. The zero-order valence-corrected chi connectivity index (χ0v) is 10.8. The molecule has 1 aliphatic rings. The van der Waals surface area contributed by atoms with Gasteiger partial charge in [0.15, 0.2) is 0 Å². The molecule has 0 unspecified atom stereocenters. The lowest BCUT2D eigenvalue weighted by Crippen LogP contribution is -2.32. The van der Waals surface area contributed by atoms with Crippen LogP contribution in [0.15, 0.2) is 36.0 Å². The largest absolute Gasteiger partial charge is 0.431 e. The van der Waals surface area contributed by atoms with Crippen LogP contribution >= 0.6 is 0 Å². The Balaban J connectivity index is 2.28. The highest BCUT2D eigenvalue weighted by Crippen LogP contribution is 2.31. The molecule has 0 aromatic heterocycles. The number of allylic oxidation sites excluding steroid dienone is 1. The van der Waals surface area contributed by atoms with E-state index in [9.17, 15) is 13.2 Å². The Hall–Kier alpha value is -1.45. The van der Waals surface area contributed by atoms with E-state index in [4.69, 9.17) is 0 Å². The summed E-state index contributed by atoms with van der Waals surface area (Å²) in [5.74, 6) is 0. The number of alkyl halides is 3. The van der Waals surface area contributed by atoms with Crippen molar-refractivity contribution in [1.29, 1.82) is 0 Å². The van der Waals surface area contributed by atoms with Gasteiger partial charge in [-0.15, -0.1) is 0 Å². The van der Waals surface area contributed by atoms with E-state index in [2.05, 4.69) is 0 Å². The maximum Gasteiger partial charge on any atom is 0.431 e. The fraction of sp³-hybridized carbons (Fsp3) is 0.467. The van der Waals surface area contributed by atoms with Gasteiger partial charge in [0, 0.05) is 13.1 Å². The number of hydrogen-bond acceptors (Lipinski definition) is 1. The van der Waals surface area contributed by atoms with Crippen LogP contribution in [0.25, 0.3) is 6.08 Å². The van der Waals surface area contributed by atoms with Crippen LogP contribution in [-0.2, 0) is 0 Å². The minimum atomic E-state index is -4.29. The molecule has 0 aliphatic carbocycles. The minimum Gasteiger partial charge on any atom is -0.368 e. The van der Waals surface area contributed by atoms with Gasteiger partial charge in [-0.05, 0) is 24.5 Å². The van der Waals surface area contributed by atoms with E-state index < -0.39 is 11.9 Å². The van der Waals surface area contributed by atoms with Gasteiger partial charge in [-0.3, -0.25) is 0 Å². The van der Waals surface area contributed by atoms with Gasteiger partial charge in [-0.2, -0.15) is 13.2 Å². The number of rotatable bonds is 2. The molecule has 1 saturated heterocycles. The first-order valence-electron chi connectivity index (χ1n) is 6.66. The Bertz CT molecular complexity index is 415. The van der Waals surface area contributed by atoms with Crippen LogP contribution in [0.3, 0.4) is 0 Å². The quantitative estimate of drug-likeness (QED) is 0.766. The van der Waals surface area contributed by atoms with Crippen molar-refractivity contribution in [3.8, 4) is 0 Å². The van der Waals surface area contributed by atoms with Crippen molar-refractivity contribution in [2.24, 2.45) is 0 Å². The molecule has 4 heteroatoms. The monoisotopic (exact) mass is 269 g/mol. The lowest BCUT2D eigenvalue weighted by atomic mass is 10.1. The third-order valence-corrected chi connectivity index (χ3v) is 3.34. The number of benzene rings is 1. The molecular formula is C15H18F3N. The van der Waals surface area contributed by atoms with E-state index in [-0.39, 0.29) is 0 Å². The average Bonchev–Trinajstić information content (AvgIpc) is 2.64. The van der Waals surface area contributed by atoms with Crippen molar-refractivity contribution in [3.05, 3.63) is 41.6 Å². The molecule has 0 N–H and O–H groups in total. The maximum absolute atomic E-state index is 13.2. The molecule has 1 aromatic carbocycles. The third-order valence-electron chi connectivity index (χ3n) is 3.34. The Morgan fingerprint density at radius 3 is 2.05 bits per heavy atom. The molecule has 1 fully saturated rings. The van der Waals surface area contributed by atoms with Gasteiger partial charge < -0.3 is 4.90 Å². The summed E-state index contributed by atoms with van der Waals surface area (Å²) in [6.45, 7) is 0.996. The predicted molar refractivity (Wildman–Crippen MR) is 70.5 cm³/mol. The smallest absolute Gasteiger partial charge is 0.368 e. The van der Waals surface area contributed by atoms with Crippen molar-refractivity contribution >= 4 is 6.08 Å². The summed E-state index contributed by atoms with van der Waals surface area (Å²) in [5.41, 5.74) is 0.0830. The summed E-state index contributed by atoms with van der Waals surface area (Å²) in [5, 5.41) is 0. The van der Waals surface area contributed by atoms with E-state index in [1.165, 1.54) is 11.0 Å². The predicted octanol–water partition coefficient (Wildman–Crippen LogP) is 4.47. The van der Waals surface area contributed by atoms with Crippen LogP contribution in [0.2, 0.25) is 0 Å². The van der Waals surface area contributed by atoms with E-state index in [1.54, 1.807) is 30.3 Å². The summed E-state index contributed by atoms with van der Waals surface area (Å²) >= 11 is 0. The van der Waals surface area contributed by atoms with Crippen LogP contribution in [-0.4, -0.2) is 24.2 Å². The molecule has 0 bridgehead atoms. The Morgan fingerprint density at radius 1 is 0.947 bits per heavy atom. The molecule has 0 radical (unpaired) electrons. The van der Waals surface area contributed by atoms with E-state index >= 15 is 0 Å². The summed E-state index contributed by atoms with van der Waals surface area (Å²) in [6, 6.07) is 8.70. The van der Waals surface area contributed by atoms with Gasteiger partial charge in [0.05, 0.1) is 0 Å². The van der Waals surface area contributed by atoms with Gasteiger partial charge in [-0.1, -0.05) is 43.2 Å². The first kappa shape index (κ1) is 14.0. The van der Waals surface area contributed by atoms with Crippen LogP contribution in [0.5, 0.6) is 0 Å². The summed E-state index contributed by atoms with van der Waals surface area (Å²) < 4.78 is 39.6. The number of nitrogens with zero attached hydrogens (tertiary/aromatic N) is 1. The Morgan fingerprint density at radius 2 is 1.53 bits per heavy atom. The van der Waals surface area contributed by atoms with E-state index in [1.807, 2.05) is 0 Å². The fourth-order valence-corrected chi connectivity index (χ4v) is 2.37. The standard InChI is InChI=1S/C15H18F3N/c16-15(17,18)14(12-13-8-4-3-5-9-13)19-10-6-1-2-7-11-19/h3-5,8-9,12H,1-2,6-7,10-11H2/b14-12-. The minimum absolute atomic E-state index is 0.498. The van der Waals surface area contributed by atoms with Gasteiger partial charge >= 0.3 is 6.18 Å². The second-order valence-electron chi connectivity index (χ2n) is 4.84. The normalized spacial score (nSPS) is 18.3. The van der Waals surface area contributed by atoms with Crippen LogP contribution < -0.4 is 0 Å². The van der Waals surface area contributed by atoms with Gasteiger partial charge in [-0.25, -0.2) is 0 Å². The number of likely N-dealkylation sites (tertiary alicyclic amines) is 1. The highest BCUT2D eigenvalue weighted by Gasteiger charge is 2.37. The SMILES string of the molecule is FC(F)(F)/C(=C/c1ccccc1)N1CCCCCC1. The molecule has 19 heavy (non-hydrogen) atoms. The van der Waals surface area contributed by atoms with Gasteiger partial charge in [0.25, 0.3) is 0 Å². The van der Waals surface area contributed by atoms with E-state index in [0.717, 1.165) is 25.7 Å². The molecule has 104 valence electrons. The number of halogens is 3. The summed E-state index contributed by atoms with van der Waals surface area (Å²) in [4.78, 5) is 1.49. The Labute approximate surface area is 111 Å². The van der Waals surface area contributed by atoms with Crippen LogP contribution in [0, 0.1) is 0 Å². The molecule has 1 aromatic rings. The van der Waals surface area contributed by atoms with Gasteiger partial charge in [0.1, 0.15) is 5.70 Å². The molecule has 0 spiro atoms. The topological polar surface area (TPSA) is 3.24 Å². The van der Waals surface area contributed by atoms with Crippen molar-refractivity contribution in [2.75, 3.05) is 13.1 Å². The number of hydrogen-bond donors (Lipinski definition) is 0. The molecule has 1 nitrogen and oxygen atoms in total. The Kier molecular flexibility index (Phi) is 4.51. The molecule has 0 saturated carbocycles. The fourth-order valence-electron chi connectivity index (χ4n) is 2.37. The summed E-state index contributed by atoms with van der Waals surface area (Å²) in [7, 11) is 0. The first-order chi connectivity index (χ1) is 9.07. The molecule has 1 heterocycles. The summed E-state index contributed by atoms with van der Waals surface area (Å²) in [6.07, 6.45) is 0.676. The van der Waals surface area contributed by atoms with Gasteiger partial charge in [0.2, 0.25) is 0 Å². The lowest BCUT2D eigenvalue weighted by Gasteiger charge is -2.27. The van der Waals surface area contributed by atoms with Crippen molar-refractivity contribution < 1.29 is 13.2 Å².